The molecule has 0 radical (unpaired) electrons. The number of carbonyl (C=O) groups excluding carboxylic acids is 1. The van der Waals surface area contributed by atoms with E-state index in [9.17, 15) is 10.1 Å². The predicted octanol–water partition coefficient (Wildman–Crippen LogP) is 4.32. The molecule has 0 atom stereocenters. The number of nitrogens with zero attached hydrogens (tertiary/aromatic N) is 3. The summed E-state index contributed by atoms with van der Waals surface area (Å²) in [5.41, 5.74) is 1.46. The van der Waals surface area contributed by atoms with Crippen LogP contribution in [0.3, 0.4) is 0 Å². The Bertz CT molecular complexity index is 752. The lowest BCUT2D eigenvalue weighted by Gasteiger charge is -2.49. The molecule has 0 bridgehead atoms. The average molecular weight is 380 g/mol. The Balaban J connectivity index is 1.42. The first-order chi connectivity index (χ1) is 13.4. The van der Waals surface area contributed by atoms with Crippen molar-refractivity contribution in [3.63, 3.8) is 0 Å². The molecule has 1 aromatic carbocycles. The second-order valence-electron chi connectivity index (χ2n) is 9.78. The largest absolute Gasteiger partial charge is 0.342 e. The summed E-state index contributed by atoms with van der Waals surface area (Å²) in [6.07, 6.45) is 9.09. The van der Waals surface area contributed by atoms with Crippen LogP contribution >= 0.6 is 0 Å². The third kappa shape index (κ3) is 3.24. The molecule has 4 nitrogen and oxygen atoms in total. The minimum Gasteiger partial charge on any atom is -0.342 e. The molecule has 1 aromatic rings. The summed E-state index contributed by atoms with van der Waals surface area (Å²) < 4.78 is 0. The van der Waals surface area contributed by atoms with Gasteiger partial charge in [-0.2, -0.15) is 5.26 Å². The van der Waals surface area contributed by atoms with Crippen molar-refractivity contribution in [2.45, 2.75) is 63.3 Å². The van der Waals surface area contributed by atoms with Gasteiger partial charge in [0.25, 0.3) is 0 Å². The van der Waals surface area contributed by atoms with Gasteiger partial charge in [-0.15, -0.1) is 0 Å². The normalized spacial score (nSPS) is 31.6. The Hall–Kier alpha value is -1.86. The van der Waals surface area contributed by atoms with Crippen LogP contribution in [-0.4, -0.2) is 42.9 Å². The highest BCUT2D eigenvalue weighted by Crippen LogP contribution is 2.52. The average Bonchev–Trinajstić information content (AvgIpc) is 3.10. The third-order valence-corrected chi connectivity index (χ3v) is 8.13. The maximum atomic E-state index is 12.9. The standard InChI is InChI=1S/C24H33N3O/c1-26(2)24(20-7-4-3-5-8-20)13-11-22(12-14-24)15-16-27(19-22)21(28)17-23(18-25)9-6-10-23/h3-5,7-8H,6,9-17,19H2,1-2H3. The molecule has 1 saturated heterocycles. The zero-order valence-electron chi connectivity index (χ0n) is 17.4. The summed E-state index contributed by atoms with van der Waals surface area (Å²) in [4.78, 5) is 17.3. The van der Waals surface area contributed by atoms with E-state index in [2.05, 4.69) is 60.3 Å². The highest BCUT2D eigenvalue weighted by atomic mass is 16.2. The molecule has 0 aromatic heterocycles. The quantitative estimate of drug-likeness (QED) is 0.783. The molecule has 28 heavy (non-hydrogen) atoms. The molecule has 4 heteroatoms. The maximum Gasteiger partial charge on any atom is 0.224 e. The maximum absolute atomic E-state index is 12.9. The van der Waals surface area contributed by atoms with Crippen LogP contribution in [0.15, 0.2) is 30.3 Å². The van der Waals surface area contributed by atoms with Crippen molar-refractivity contribution in [2.24, 2.45) is 10.8 Å². The predicted molar refractivity (Wildman–Crippen MR) is 110 cm³/mol. The molecule has 2 aliphatic carbocycles. The van der Waals surface area contributed by atoms with E-state index in [0.29, 0.717) is 6.42 Å². The number of likely N-dealkylation sites (tertiary alicyclic amines) is 1. The lowest BCUT2D eigenvalue weighted by atomic mass is 9.64. The van der Waals surface area contributed by atoms with Gasteiger partial charge in [-0.3, -0.25) is 9.69 Å². The number of hydrogen-bond donors (Lipinski definition) is 0. The van der Waals surface area contributed by atoms with Crippen molar-refractivity contribution < 1.29 is 4.79 Å². The number of benzene rings is 1. The zero-order valence-corrected chi connectivity index (χ0v) is 17.4. The number of hydrogen-bond acceptors (Lipinski definition) is 3. The molecule has 150 valence electrons. The number of carbonyl (C=O) groups is 1. The van der Waals surface area contributed by atoms with E-state index in [-0.39, 0.29) is 22.3 Å². The summed E-state index contributed by atoms with van der Waals surface area (Å²) in [6.45, 7) is 1.77. The van der Waals surface area contributed by atoms with Crippen molar-refractivity contribution in [1.82, 2.24) is 9.80 Å². The fourth-order valence-electron chi connectivity index (χ4n) is 5.83. The van der Waals surface area contributed by atoms with Gasteiger partial charge in [-0.05, 0) is 70.0 Å². The Morgan fingerprint density at radius 1 is 1.07 bits per heavy atom. The highest BCUT2D eigenvalue weighted by Gasteiger charge is 2.49. The number of amides is 1. The van der Waals surface area contributed by atoms with E-state index in [4.69, 9.17) is 0 Å². The number of nitriles is 1. The summed E-state index contributed by atoms with van der Waals surface area (Å²) in [6, 6.07) is 13.3. The fraction of sp³-hybridized carbons (Fsp3) is 0.667. The summed E-state index contributed by atoms with van der Waals surface area (Å²) in [5.74, 6) is 0.214. The summed E-state index contributed by atoms with van der Waals surface area (Å²) in [7, 11) is 4.41. The molecule has 1 amide bonds. The zero-order chi connectivity index (χ0) is 19.8. The Labute approximate surface area is 169 Å². The van der Waals surface area contributed by atoms with Gasteiger partial charge < -0.3 is 4.90 Å². The van der Waals surface area contributed by atoms with Crippen LogP contribution in [0.5, 0.6) is 0 Å². The van der Waals surface area contributed by atoms with E-state index in [1.54, 1.807) is 0 Å². The molecule has 0 N–H and O–H groups in total. The molecular weight excluding hydrogens is 346 g/mol. The van der Waals surface area contributed by atoms with E-state index < -0.39 is 0 Å². The molecule has 0 unspecified atom stereocenters. The monoisotopic (exact) mass is 379 g/mol. The van der Waals surface area contributed by atoms with Crippen LogP contribution in [0.1, 0.15) is 63.4 Å². The summed E-state index contributed by atoms with van der Waals surface area (Å²) in [5, 5.41) is 9.46. The van der Waals surface area contributed by atoms with Crippen LogP contribution in [0, 0.1) is 22.2 Å². The molecule has 1 heterocycles. The SMILES string of the molecule is CN(C)C1(c2ccccc2)CCC2(CCN(C(=O)CC3(C#N)CCC3)C2)CC1. The second-order valence-corrected chi connectivity index (χ2v) is 9.78. The minimum absolute atomic E-state index is 0.112. The second kappa shape index (κ2) is 7.19. The van der Waals surface area contributed by atoms with Crippen molar-refractivity contribution in [3.8, 4) is 6.07 Å². The van der Waals surface area contributed by atoms with Crippen LogP contribution < -0.4 is 0 Å². The molecule has 3 aliphatic rings. The van der Waals surface area contributed by atoms with Gasteiger partial charge in [0.15, 0.2) is 0 Å². The molecule has 1 aliphatic heterocycles. The van der Waals surface area contributed by atoms with Crippen LogP contribution in [0.4, 0.5) is 0 Å². The van der Waals surface area contributed by atoms with Crippen molar-refractivity contribution in [3.05, 3.63) is 35.9 Å². The minimum atomic E-state index is -0.354. The van der Waals surface area contributed by atoms with Crippen LogP contribution in [0.25, 0.3) is 0 Å². The first-order valence-corrected chi connectivity index (χ1v) is 10.8. The Morgan fingerprint density at radius 3 is 2.29 bits per heavy atom. The van der Waals surface area contributed by atoms with E-state index in [1.807, 2.05) is 0 Å². The Morgan fingerprint density at radius 2 is 1.75 bits per heavy atom. The van der Waals surface area contributed by atoms with E-state index in [0.717, 1.165) is 51.6 Å². The topological polar surface area (TPSA) is 47.3 Å². The van der Waals surface area contributed by atoms with Crippen molar-refractivity contribution in [1.29, 1.82) is 5.26 Å². The van der Waals surface area contributed by atoms with E-state index >= 15 is 0 Å². The molecule has 4 rings (SSSR count). The van der Waals surface area contributed by atoms with Crippen molar-refractivity contribution in [2.75, 3.05) is 27.2 Å². The first kappa shape index (κ1) is 19.5. The van der Waals surface area contributed by atoms with Gasteiger partial charge in [0, 0.05) is 25.0 Å². The van der Waals surface area contributed by atoms with Crippen molar-refractivity contribution >= 4 is 5.91 Å². The van der Waals surface area contributed by atoms with Gasteiger partial charge in [-0.25, -0.2) is 0 Å². The molecule has 1 spiro atoms. The molecule has 2 saturated carbocycles. The van der Waals surface area contributed by atoms with Gasteiger partial charge in [0.05, 0.1) is 11.5 Å². The third-order valence-electron chi connectivity index (χ3n) is 8.13. The summed E-state index contributed by atoms with van der Waals surface area (Å²) >= 11 is 0. The van der Waals surface area contributed by atoms with Crippen LogP contribution in [0.2, 0.25) is 0 Å². The van der Waals surface area contributed by atoms with Gasteiger partial charge in [0.2, 0.25) is 5.91 Å². The molecule has 3 fully saturated rings. The van der Waals surface area contributed by atoms with Gasteiger partial charge in [0.1, 0.15) is 0 Å². The smallest absolute Gasteiger partial charge is 0.224 e. The lowest BCUT2D eigenvalue weighted by molar-refractivity contribution is -0.133. The van der Waals surface area contributed by atoms with E-state index in [1.165, 1.54) is 18.4 Å². The Kier molecular flexibility index (Phi) is 5.00. The number of rotatable bonds is 4. The lowest BCUT2D eigenvalue weighted by Crippen LogP contribution is -2.47. The van der Waals surface area contributed by atoms with Gasteiger partial charge in [-0.1, -0.05) is 36.8 Å². The van der Waals surface area contributed by atoms with Gasteiger partial charge >= 0.3 is 0 Å². The fourth-order valence-corrected chi connectivity index (χ4v) is 5.83. The first-order valence-electron chi connectivity index (χ1n) is 10.8. The highest BCUT2D eigenvalue weighted by molar-refractivity contribution is 5.78. The molecular formula is C24H33N3O. The van der Waals surface area contributed by atoms with Crippen LogP contribution in [-0.2, 0) is 10.3 Å².